The Kier molecular flexibility index (Phi) is 5.26. The molecule has 1 N–H and O–H groups in total. The lowest BCUT2D eigenvalue weighted by Crippen LogP contribution is -2.07. The molecule has 0 fully saturated rings. The Bertz CT molecular complexity index is 663. The average Bonchev–Trinajstić information content (AvgIpc) is 2.44. The molecule has 0 spiro atoms. The summed E-state index contributed by atoms with van der Waals surface area (Å²) in [5, 5.41) is 3.63. The normalized spacial score (nSPS) is 10.6. The third kappa shape index (κ3) is 4.81. The number of ether oxygens (including phenoxy) is 1. The number of amides is 1. The summed E-state index contributed by atoms with van der Waals surface area (Å²) < 4.78 is 5.12. The second-order valence-electron chi connectivity index (χ2n) is 4.26. The van der Waals surface area contributed by atoms with Gasteiger partial charge in [0.1, 0.15) is 5.75 Å². The van der Waals surface area contributed by atoms with Gasteiger partial charge < -0.3 is 10.1 Å². The van der Waals surface area contributed by atoms with Gasteiger partial charge in [0, 0.05) is 21.8 Å². The number of hydrogen-bond acceptors (Lipinski definition) is 2. The molecule has 0 bridgehead atoms. The Morgan fingerprint density at radius 2 is 1.86 bits per heavy atom. The third-order valence-corrected chi connectivity index (χ3v) is 3.09. The van der Waals surface area contributed by atoms with Crippen LogP contribution in [0.15, 0.2) is 48.5 Å². The third-order valence-electron chi connectivity index (χ3n) is 2.65. The van der Waals surface area contributed by atoms with Gasteiger partial charge in [-0.3, -0.25) is 4.79 Å². The summed E-state index contributed by atoms with van der Waals surface area (Å²) in [5.41, 5.74) is 1.42. The van der Waals surface area contributed by atoms with Crippen LogP contribution in [0.4, 0.5) is 5.69 Å². The summed E-state index contributed by atoms with van der Waals surface area (Å²) in [5.74, 6) is 0.468. The van der Waals surface area contributed by atoms with Gasteiger partial charge in [0.15, 0.2) is 0 Å². The van der Waals surface area contributed by atoms with Crippen LogP contribution in [0.3, 0.4) is 0 Å². The smallest absolute Gasteiger partial charge is 0.248 e. The second-order valence-corrected chi connectivity index (χ2v) is 5.13. The largest absolute Gasteiger partial charge is 0.497 e. The minimum absolute atomic E-state index is 0.267. The van der Waals surface area contributed by atoms with Gasteiger partial charge in [-0.2, -0.15) is 0 Å². The topological polar surface area (TPSA) is 38.3 Å². The van der Waals surface area contributed by atoms with Crippen LogP contribution in [-0.4, -0.2) is 13.0 Å². The molecule has 0 saturated heterocycles. The minimum atomic E-state index is -0.267. The Hall–Kier alpha value is -1.97. The highest BCUT2D eigenvalue weighted by atomic mass is 35.5. The second kappa shape index (κ2) is 7.16. The zero-order chi connectivity index (χ0) is 15.2. The molecule has 0 aliphatic rings. The van der Waals surface area contributed by atoms with Crippen LogP contribution in [0.1, 0.15) is 5.56 Å². The van der Waals surface area contributed by atoms with E-state index in [1.54, 1.807) is 31.4 Å². The summed E-state index contributed by atoms with van der Waals surface area (Å²) >= 11 is 11.7. The van der Waals surface area contributed by atoms with Crippen LogP contribution in [0.25, 0.3) is 6.08 Å². The predicted molar refractivity (Wildman–Crippen MR) is 87.1 cm³/mol. The van der Waals surface area contributed by atoms with Gasteiger partial charge in [0.25, 0.3) is 0 Å². The van der Waals surface area contributed by atoms with Crippen molar-refractivity contribution < 1.29 is 9.53 Å². The number of carbonyl (C=O) groups excluding carboxylic acids is 1. The summed E-state index contributed by atoms with van der Waals surface area (Å²) in [7, 11) is 1.60. The van der Waals surface area contributed by atoms with E-state index < -0.39 is 0 Å². The van der Waals surface area contributed by atoms with E-state index in [2.05, 4.69) is 5.32 Å². The van der Waals surface area contributed by atoms with Gasteiger partial charge in [-0.05, 0) is 42.0 Å². The first kappa shape index (κ1) is 15.4. The van der Waals surface area contributed by atoms with Crippen LogP contribution in [0.5, 0.6) is 5.75 Å². The number of benzene rings is 2. The van der Waals surface area contributed by atoms with Crippen molar-refractivity contribution in [2.45, 2.75) is 0 Å². The van der Waals surface area contributed by atoms with Gasteiger partial charge in [-0.25, -0.2) is 0 Å². The van der Waals surface area contributed by atoms with Crippen LogP contribution in [-0.2, 0) is 4.79 Å². The van der Waals surface area contributed by atoms with Crippen molar-refractivity contribution in [1.82, 2.24) is 0 Å². The van der Waals surface area contributed by atoms with Crippen molar-refractivity contribution in [1.29, 1.82) is 0 Å². The maximum Gasteiger partial charge on any atom is 0.248 e. The molecule has 0 atom stereocenters. The summed E-state index contributed by atoms with van der Waals surface area (Å²) in [6.45, 7) is 0. The quantitative estimate of drug-likeness (QED) is 0.832. The molecule has 0 aromatic heterocycles. The highest BCUT2D eigenvalue weighted by Gasteiger charge is 2.01. The maximum atomic E-state index is 11.8. The van der Waals surface area contributed by atoms with Gasteiger partial charge in [0.2, 0.25) is 5.91 Å². The zero-order valence-electron chi connectivity index (χ0n) is 11.3. The summed E-state index contributed by atoms with van der Waals surface area (Å²) in [6, 6.07) is 12.3. The van der Waals surface area contributed by atoms with Crippen LogP contribution in [0.2, 0.25) is 10.0 Å². The lowest BCUT2D eigenvalue weighted by Gasteiger charge is -2.04. The lowest BCUT2D eigenvalue weighted by atomic mass is 10.2. The summed E-state index contributed by atoms with van der Waals surface area (Å²) in [4.78, 5) is 11.8. The molecule has 2 rings (SSSR count). The van der Waals surface area contributed by atoms with E-state index >= 15 is 0 Å². The monoisotopic (exact) mass is 321 g/mol. The maximum absolute atomic E-state index is 11.8. The number of methoxy groups -OCH3 is 1. The summed E-state index contributed by atoms with van der Waals surface area (Å²) in [6.07, 6.45) is 3.13. The molecule has 1 amide bonds. The molecule has 21 heavy (non-hydrogen) atoms. The van der Waals surface area contributed by atoms with Crippen LogP contribution >= 0.6 is 23.2 Å². The molecule has 0 heterocycles. The van der Waals surface area contributed by atoms with Crippen molar-refractivity contribution >= 4 is 40.9 Å². The minimum Gasteiger partial charge on any atom is -0.497 e. The molecule has 5 heteroatoms. The molecule has 0 radical (unpaired) electrons. The van der Waals surface area contributed by atoms with Crippen molar-refractivity contribution in [3.63, 3.8) is 0 Å². The molecular formula is C16H13Cl2NO2. The molecular weight excluding hydrogens is 309 g/mol. The fourth-order valence-corrected chi connectivity index (χ4v) is 2.25. The molecule has 0 aliphatic carbocycles. The fraction of sp³-hybridized carbons (Fsp3) is 0.0625. The molecule has 0 saturated carbocycles. The first-order chi connectivity index (χ1) is 10.1. The number of anilines is 1. The Morgan fingerprint density at radius 1 is 1.14 bits per heavy atom. The van der Waals surface area contributed by atoms with Crippen molar-refractivity contribution in [2.24, 2.45) is 0 Å². The zero-order valence-corrected chi connectivity index (χ0v) is 12.8. The van der Waals surface area contributed by atoms with E-state index in [9.17, 15) is 4.79 Å². The van der Waals surface area contributed by atoms with Crippen molar-refractivity contribution in [2.75, 3.05) is 12.4 Å². The van der Waals surface area contributed by atoms with Gasteiger partial charge in [-0.1, -0.05) is 35.3 Å². The lowest BCUT2D eigenvalue weighted by molar-refractivity contribution is -0.111. The first-order valence-corrected chi connectivity index (χ1v) is 6.91. The number of nitrogens with one attached hydrogen (secondary N) is 1. The van der Waals surface area contributed by atoms with E-state index in [1.807, 2.05) is 24.3 Å². The SMILES string of the molecule is COc1cccc(/C=C/C(=O)Nc2cc(Cl)cc(Cl)c2)c1. The molecule has 0 unspecified atom stereocenters. The molecule has 108 valence electrons. The van der Waals surface area contributed by atoms with E-state index in [-0.39, 0.29) is 5.91 Å². The highest BCUT2D eigenvalue weighted by Crippen LogP contribution is 2.22. The van der Waals surface area contributed by atoms with E-state index in [1.165, 1.54) is 6.08 Å². The molecule has 2 aromatic rings. The Balaban J connectivity index is 2.05. The fourth-order valence-electron chi connectivity index (χ4n) is 1.73. The number of rotatable bonds is 4. The standard InChI is InChI=1S/C16H13Cl2NO2/c1-21-15-4-2-3-11(7-15)5-6-16(20)19-14-9-12(17)8-13(18)10-14/h2-10H,1H3,(H,19,20)/b6-5+. The Morgan fingerprint density at radius 3 is 2.52 bits per heavy atom. The average molecular weight is 322 g/mol. The number of hydrogen-bond donors (Lipinski definition) is 1. The molecule has 3 nitrogen and oxygen atoms in total. The molecule has 0 aliphatic heterocycles. The van der Waals surface area contributed by atoms with Crippen molar-refractivity contribution in [3.8, 4) is 5.75 Å². The van der Waals surface area contributed by atoms with Crippen molar-refractivity contribution in [3.05, 3.63) is 64.1 Å². The van der Waals surface area contributed by atoms with Gasteiger partial charge in [-0.15, -0.1) is 0 Å². The van der Waals surface area contributed by atoms with E-state index in [4.69, 9.17) is 27.9 Å². The molecule has 2 aromatic carbocycles. The van der Waals surface area contributed by atoms with Gasteiger partial charge in [0.05, 0.1) is 7.11 Å². The van der Waals surface area contributed by atoms with Crippen LogP contribution < -0.4 is 10.1 Å². The number of carbonyl (C=O) groups is 1. The predicted octanol–water partition coefficient (Wildman–Crippen LogP) is 4.65. The van der Waals surface area contributed by atoms with Gasteiger partial charge >= 0.3 is 0 Å². The highest BCUT2D eigenvalue weighted by molar-refractivity contribution is 6.35. The first-order valence-electron chi connectivity index (χ1n) is 6.16. The van der Waals surface area contributed by atoms with Crippen LogP contribution in [0, 0.1) is 0 Å². The van der Waals surface area contributed by atoms with E-state index in [0.717, 1.165) is 11.3 Å². The Labute approximate surface area is 133 Å². The van der Waals surface area contributed by atoms with E-state index in [0.29, 0.717) is 15.7 Å². The number of halogens is 2.